The number of nitrogens with one attached hydrogen (secondary N) is 2. The van der Waals surface area contributed by atoms with Gasteiger partial charge in [-0.15, -0.1) is 0 Å². The quantitative estimate of drug-likeness (QED) is 0.454. The molecule has 0 aliphatic carbocycles. The Labute approximate surface area is 178 Å². The minimum absolute atomic E-state index is 0.237. The Morgan fingerprint density at radius 2 is 1.65 bits per heavy atom. The monoisotopic (exact) mass is 416 g/mol. The highest BCUT2D eigenvalue weighted by Crippen LogP contribution is 2.22. The van der Waals surface area contributed by atoms with Crippen LogP contribution < -0.4 is 10.6 Å². The van der Waals surface area contributed by atoms with Gasteiger partial charge in [0, 0.05) is 41.9 Å². The first-order valence-corrected chi connectivity index (χ1v) is 9.91. The van der Waals surface area contributed by atoms with Crippen LogP contribution in [-0.4, -0.2) is 34.5 Å². The predicted octanol–water partition coefficient (Wildman–Crippen LogP) is 3.38. The van der Waals surface area contributed by atoms with E-state index in [0.29, 0.717) is 16.8 Å². The minimum atomic E-state index is -0.315. The molecule has 0 aliphatic rings. The molecule has 4 aromatic rings. The van der Waals surface area contributed by atoms with Crippen LogP contribution in [0.15, 0.2) is 79.1 Å². The zero-order valence-corrected chi connectivity index (χ0v) is 16.7. The van der Waals surface area contributed by atoms with Crippen molar-refractivity contribution in [2.24, 2.45) is 0 Å². The summed E-state index contributed by atoms with van der Waals surface area (Å²) >= 11 is 0. The maximum absolute atomic E-state index is 14.2. The zero-order valence-electron chi connectivity index (χ0n) is 16.7. The van der Waals surface area contributed by atoms with Crippen molar-refractivity contribution in [2.45, 2.75) is 6.54 Å². The second kappa shape index (κ2) is 9.21. The first-order valence-electron chi connectivity index (χ1n) is 9.91. The second-order valence-electron chi connectivity index (χ2n) is 7.02. The molecule has 0 bridgehead atoms. The van der Waals surface area contributed by atoms with Gasteiger partial charge in [0.1, 0.15) is 11.5 Å². The Hall–Kier alpha value is -4.00. The van der Waals surface area contributed by atoms with Crippen LogP contribution in [0.1, 0.15) is 26.4 Å². The minimum Gasteiger partial charge on any atom is -0.350 e. The van der Waals surface area contributed by atoms with Crippen LogP contribution in [0, 0.1) is 5.82 Å². The lowest BCUT2D eigenvalue weighted by Gasteiger charge is -2.12. The van der Waals surface area contributed by atoms with Crippen LogP contribution in [0.5, 0.6) is 0 Å². The number of nitrogens with zero attached hydrogens (tertiary/aromatic N) is 2. The van der Waals surface area contributed by atoms with Crippen molar-refractivity contribution >= 4 is 22.7 Å². The van der Waals surface area contributed by atoms with Gasteiger partial charge in [-0.25, -0.2) is 4.39 Å². The van der Waals surface area contributed by atoms with Crippen LogP contribution in [0.2, 0.25) is 0 Å². The standard InChI is InChI=1S/C24H21FN4O2/c25-20-9-3-1-7-19(20)16-29-21-10-4-2-6-17(21)14-22(29)24(31)28-13-12-27-23(30)18-8-5-11-26-15-18/h1-11,14-15H,12-13,16H2,(H,27,30)(H,28,31). The van der Waals surface area contributed by atoms with Gasteiger partial charge >= 0.3 is 0 Å². The lowest BCUT2D eigenvalue weighted by molar-refractivity contribution is 0.0923. The van der Waals surface area contributed by atoms with E-state index < -0.39 is 0 Å². The number of aromatic nitrogens is 2. The summed E-state index contributed by atoms with van der Waals surface area (Å²) in [6, 6.07) is 19.3. The van der Waals surface area contributed by atoms with Crippen LogP contribution in [0.25, 0.3) is 10.9 Å². The molecule has 2 heterocycles. The van der Waals surface area contributed by atoms with Gasteiger partial charge < -0.3 is 15.2 Å². The Morgan fingerprint density at radius 3 is 2.42 bits per heavy atom. The molecule has 0 radical (unpaired) electrons. The topological polar surface area (TPSA) is 76.0 Å². The van der Waals surface area contributed by atoms with Gasteiger partial charge in [-0.1, -0.05) is 36.4 Å². The van der Waals surface area contributed by atoms with Gasteiger partial charge in [-0.2, -0.15) is 0 Å². The summed E-state index contributed by atoms with van der Waals surface area (Å²) in [4.78, 5) is 28.9. The van der Waals surface area contributed by atoms with Crippen molar-refractivity contribution in [3.05, 3.63) is 102 Å². The average molecular weight is 416 g/mol. The fourth-order valence-electron chi connectivity index (χ4n) is 3.41. The summed E-state index contributed by atoms with van der Waals surface area (Å²) in [5, 5.41) is 6.47. The molecule has 0 fully saturated rings. The Morgan fingerprint density at radius 1 is 0.903 bits per heavy atom. The lowest BCUT2D eigenvalue weighted by atomic mass is 10.2. The third-order valence-corrected chi connectivity index (χ3v) is 4.95. The molecule has 2 N–H and O–H groups in total. The van der Waals surface area contributed by atoms with Crippen molar-refractivity contribution < 1.29 is 14.0 Å². The maximum Gasteiger partial charge on any atom is 0.268 e. The molecule has 7 heteroatoms. The molecule has 31 heavy (non-hydrogen) atoms. The molecule has 0 aliphatic heterocycles. The molecule has 0 saturated heterocycles. The molecule has 156 valence electrons. The second-order valence-corrected chi connectivity index (χ2v) is 7.02. The van der Waals surface area contributed by atoms with Gasteiger partial charge in [-0.3, -0.25) is 14.6 Å². The number of rotatable bonds is 7. The van der Waals surface area contributed by atoms with Crippen LogP contribution >= 0.6 is 0 Å². The molecule has 0 unspecified atom stereocenters. The summed E-state index contributed by atoms with van der Waals surface area (Å²) in [6.07, 6.45) is 3.08. The fraction of sp³-hybridized carbons (Fsp3) is 0.125. The molecule has 4 rings (SSSR count). The highest BCUT2D eigenvalue weighted by Gasteiger charge is 2.16. The van der Waals surface area contributed by atoms with E-state index in [9.17, 15) is 14.0 Å². The smallest absolute Gasteiger partial charge is 0.268 e. The van der Waals surface area contributed by atoms with Gasteiger partial charge in [0.05, 0.1) is 12.1 Å². The van der Waals surface area contributed by atoms with E-state index in [2.05, 4.69) is 15.6 Å². The van der Waals surface area contributed by atoms with E-state index >= 15 is 0 Å². The van der Waals surface area contributed by atoms with Crippen molar-refractivity contribution in [1.82, 2.24) is 20.2 Å². The van der Waals surface area contributed by atoms with E-state index in [1.54, 1.807) is 47.2 Å². The first kappa shape index (κ1) is 20.3. The summed E-state index contributed by atoms with van der Waals surface area (Å²) < 4.78 is 16.0. The molecule has 2 aromatic heterocycles. The summed E-state index contributed by atoms with van der Waals surface area (Å²) in [5.41, 5.74) is 2.24. The van der Waals surface area contributed by atoms with Crippen molar-refractivity contribution in [3.8, 4) is 0 Å². The molecule has 2 aromatic carbocycles. The average Bonchev–Trinajstić information content (AvgIpc) is 3.17. The maximum atomic E-state index is 14.2. The number of halogens is 1. The molecule has 0 saturated carbocycles. The molecular weight excluding hydrogens is 395 g/mol. The van der Waals surface area contributed by atoms with Crippen LogP contribution in [0.4, 0.5) is 4.39 Å². The summed E-state index contributed by atoms with van der Waals surface area (Å²) in [6.45, 7) is 0.764. The number of hydrogen-bond donors (Lipinski definition) is 2. The van der Waals surface area contributed by atoms with Gasteiger partial charge in [-0.05, 0) is 30.3 Å². The van der Waals surface area contributed by atoms with Crippen LogP contribution in [0.3, 0.4) is 0 Å². The molecular formula is C24H21FN4O2. The molecule has 2 amide bonds. The molecule has 0 spiro atoms. The Bertz CT molecular complexity index is 1220. The normalized spacial score (nSPS) is 10.7. The number of hydrogen-bond acceptors (Lipinski definition) is 3. The van der Waals surface area contributed by atoms with Crippen LogP contribution in [-0.2, 0) is 6.54 Å². The van der Waals surface area contributed by atoms with E-state index in [0.717, 1.165) is 10.9 Å². The van der Waals surface area contributed by atoms with Crippen molar-refractivity contribution in [1.29, 1.82) is 0 Å². The third kappa shape index (κ3) is 4.61. The number of carbonyl (C=O) groups excluding carboxylic acids is 2. The Balaban J connectivity index is 1.46. The lowest BCUT2D eigenvalue weighted by Crippen LogP contribution is -2.35. The predicted molar refractivity (Wildman–Crippen MR) is 116 cm³/mol. The first-order chi connectivity index (χ1) is 15.1. The summed E-state index contributed by atoms with van der Waals surface area (Å²) in [7, 11) is 0. The van der Waals surface area contributed by atoms with E-state index in [-0.39, 0.29) is 37.3 Å². The number of fused-ring (bicyclic) bond motifs is 1. The van der Waals surface area contributed by atoms with Gasteiger partial charge in [0.15, 0.2) is 0 Å². The number of carbonyl (C=O) groups is 2. The number of benzene rings is 2. The SMILES string of the molecule is O=C(NCCNC(=O)c1cc2ccccc2n1Cc1ccccc1F)c1cccnc1. The highest BCUT2D eigenvalue weighted by molar-refractivity contribution is 5.99. The summed E-state index contributed by atoms with van der Waals surface area (Å²) in [5.74, 6) is -0.857. The number of pyridine rings is 1. The largest absolute Gasteiger partial charge is 0.350 e. The fourth-order valence-corrected chi connectivity index (χ4v) is 3.41. The van der Waals surface area contributed by atoms with E-state index in [1.165, 1.54) is 12.3 Å². The van der Waals surface area contributed by atoms with Gasteiger partial charge in [0.2, 0.25) is 0 Å². The van der Waals surface area contributed by atoms with Crippen molar-refractivity contribution in [2.75, 3.05) is 13.1 Å². The zero-order chi connectivity index (χ0) is 21.6. The number of para-hydroxylation sites is 1. The van der Waals surface area contributed by atoms with Crippen molar-refractivity contribution in [3.63, 3.8) is 0 Å². The Kier molecular flexibility index (Phi) is 6.03. The molecule has 0 atom stereocenters. The van der Waals surface area contributed by atoms with Gasteiger partial charge in [0.25, 0.3) is 11.8 Å². The molecule has 6 nitrogen and oxygen atoms in total. The highest BCUT2D eigenvalue weighted by atomic mass is 19.1. The van der Waals surface area contributed by atoms with E-state index in [4.69, 9.17) is 0 Å². The van der Waals surface area contributed by atoms with E-state index in [1.807, 2.05) is 24.3 Å². The third-order valence-electron chi connectivity index (χ3n) is 4.95. The number of amides is 2.